The van der Waals surface area contributed by atoms with Crippen LogP contribution in [0.4, 0.5) is 14.6 Å². The number of nitrogens with zero attached hydrogens (tertiary/aromatic N) is 5. The summed E-state index contributed by atoms with van der Waals surface area (Å²) in [5, 5.41) is 0. The van der Waals surface area contributed by atoms with Gasteiger partial charge in [-0.2, -0.15) is 0 Å². The molecule has 0 aromatic carbocycles. The third-order valence-electron chi connectivity index (χ3n) is 6.63. The van der Waals surface area contributed by atoms with E-state index in [4.69, 9.17) is 45.1 Å². The van der Waals surface area contributed by atoms with E-state index in [-0.39, 0.29) is 17.0 Å². The Balaban J connectivity index is 1.31. The van der Waals surface area contributed by atoms with E-state index in [1.54, 1.807) is 0 Å². The Morgan fingerprint density at radius 1 is 1.00 bits per heavy atom. The average Bonchev–Trinajstić information content (AvgIpc) is 3.57. The number of ether oxygens (including phenoxy) is 2. The lowest BCUT2D eigenvalue weighted by molar-refractivity contribution is -0.0653. The first kappa shape index (κ1) is 29.5. The van der Waals surface area contributed by atoms with Crippen LogP contribution in [0.3, 0.4) is 0 Å². The Kier molecular flexibility index (Phi) is 7.64. The number of phosphoric acid groups is 1. The zero-order valence-electron chi connectivity index (χ0n) is 20.8. The molecule has 0 amide bonds. The van der Waals surface area contributed by atoms with Gasteiger partial charge in [-0.3, -0.25) is 32.5 Å². The minimum Gasteiger partial charge on any atom is -0.382 e. The quantitative estimate of drug-likeness (QED) is 0.256. The molecule has 0 radical (unpaired) electrons. The molecular weight excluding hydrogens is 634 g/mol. The fourth-order valence-electron chi connectivity index (χ4n) is 4.73. The Bertz CT molecular complexity index is 1730. The number of phosphoric ester groups is 1. The summed E-state index contributed by atoms with van der Waals surface area (Å²) < 4.78 is 78.0. The summed E-state index contributed by atoms with van der Waals surface area (Å²) in [6.07, 6.45) is -11.1. The Labute approximate surface area is 237 Å². The molecule has 3 aromatic rings. The number of nitrogens with one attached hydrogen (secondary N) is 1. The zero-order valence-corrected chi connectivity index (χ0v) is 23.4. The Hall–Kier alpha value is -2.55. The van der Waals surface area contributed by atoms with Crippen molar-refractivity contribution in [3.63, 3.8) is 0 Å². The van der Waals surface area contributed by atoms with E-state index in [0.29, 0.717) is 0 Å². The number of imidazole rings is 1. The smallest absolute Gasteiger partial charge is 0.382 e. The average molecular weight is 655 g/mol. The van der Waals surface area contributed by atoms with E-state index in [9.17, 15) is 23.9 Å². The molecule has 6 rings (SSSR count). The molecule has 10 atom stereocenters. The fourth-order valence-corrected chi connectivity index (χ4v) is 7.09. The molecule has 3 aromatic heterocycles. The summed E-state index contributed by atoms with van der Waals surface area (Å²) in [4.78, 5) is 58.9. The molecule has 6 heterocycles. The van der Waals surface area contributed by atoms with Crippen LogP contribution >= 0.6 is 14.5 Å². The van der Waals surface area contributed by atoms with Gasteiger partial charge in [0.25, 0.3) is 5.56 Å². The second kappa shape index (κ2) is 10.9. The van der Waals surface area contributed by atoms with E-state index < -0.39 is 88.2 Å². The van der Waals surface area contributed by atoms with Gasteiger partial charge in [0.15, 0.2) is 36.3 Å². The standard InChI is InChI=1S/C19H21F2N7O11P2S/c20-10-7-3-34-40(31,32)38-13-8(37-17(11(13)21)28-6-25-12-15(22)23-5-24-16(12)28)4-35-41(33,42)39-14(10)18(36-7)27-2-1-9(29)26-19(27)30/h1-2,5-8,10-11,13-14,17-18H,3-4H2,(H,31,32)(H,33,42)(H2,22,23,24)(H,26,29,30)/t7?,8-,10-,11-,13-,14-,17-,18-,41?/m1/s1. The summed E-state index contributed by atoms with van der Waals surface area (Å²) in [7, 11) is -5.15. The van der Waals surface area contributed by atoms with Crippen LogP contribution in [0, 0.1) is 0 Å². The number of anilines is 1. The zero-order chi connectivity index (χ0) is 30.0. The maximum Gasteiger partial charge on any atom is 0.472 e. The SMILES string of the molecule is Nc1ncnc2c1ncn2[C@@H]1O[C@@H]2COP(O)(=S)O[C@@H]3[C@H](F)C(COP(=O)(O)O[C@H]2[C@H]1F)O[C@H]3n1ccc(=O)[nH]c1=O. The van der Waals surface area contributed by atoms with Crippen LogP contribution in [0.2, 0.25) is 0 Å². The highest BCUT2D eigenvalue weighted by Gasteiger charge is 2.54. The molecule has 18 nitrogen and oxygen atoms in total. The molecule has 228 valence electrons. The predicted molar refractivity (Wildman–Crippen MR) is 137 cm³/mol. The van der Waals surface area contributed by atoms with Gasteiger partial charge >= 0.3 is 20.2 Å². The van der Waals surface area contributed by atoms with E-state index in [0.717, 1.165) is 34.1 Å². The van der Waals surface area contributed by atoms with Crippen LogP contribution in [0.15, 0.2) is 34.5 Å². The van der Waals surface area contributed by atoms with Gasteiger partial charge in [-0.1, -0.05) is 0 Å². The summed E-state index contributed by atoms with van der Waals surface area (Å²) in [6.45, 7) is -6.12. The van der Waals surface area contributed by atoms with Crippen molar-refractivity contribution < 1.29 is 50.7 Å². The van der Waals surface area contributed by atoms with Crippen LogP contribution < -0.4 is 17.0 Å². The maximum atomic E-state index is 15.8. The van der Waals surface area contributed by atoms with Crippen LogP contribution in [-0.2, 0) is 43.9 Å². The first-order valence-electron chi connectivity index (χ1n) is 12.0. The summed E-state index contributed by atoms with van der Waals surface area (Å²) >= 11 is 5.03. The van der Waals surface area contributed by atoms with E-state index in [1.165, 1.54) is 0 Å². The molecule has 3 aliphatic rings. The minimum absolute atomic E-state index is 0.00567. The van der Waals surface area contributed by atoms with Crippen molar-refractivity contribution in [2.75, 3.05) is 18.9 Å². The topological polar surface area (TPSA) is 237 Å². The molecule has 3 unspecified atom stereocenters. The van der Waals surface area contributed by atoms with Gasteiger partial charge in [0, 0.05) is 12.3 Å². The molecule has 0 saturated carbocycles. The molecule has 3 aliphatic heterocycles. The van der Waals surface area contributed by atoms with Gasteiger partial charge in [-0.25, -0.2) is 33.1 Å². The number of alkyl halides is 2. The van der Waals surface area contributed by atoms with Crippen LogP contribution in [0.5, 0.6) is 0 Å². The molecule has 42 heavy (non-hydrogen) atoms. The molecule has 0 spiro atoms. The van der Waals surface area contributed by atoms with Crippen molar-refractivity contribution in [3.05, 3.63) is 45.8 Å². The van der Waals surface area contributed by atoms with Crippen molar-refractivity contribution in [3.8, 4) is 0 Å². The summed E-state index contributed by atoms with van der Waals surface area (Å²) in [5.74, 6) is 0.00567. The van der Waals surface area contributed by atoms with E-state index in [1.807, 2.05) is 4.98 Å². The number of hydrogen-bond acceptors (Lipinski definition) is 14. The van der Waals surface area contributed by atoms with Crippen molar-refractivity contribution in [2.24, 2.45) is 0 Å². The molecule has 0 aliphatic carbocycles. The third-order valence-corrected chi connectivity index (χ3v) is 9.18. The number of nitrogen functional groups attached to an aromatic ring is 1. The molecule has 5 N–H and O–H groups in total. The number of nitrogens with two attached hydrogens (primary N) is 1. The molecule has 2 bridgehead atoms. The Morgan fingerprint density at radius 3 is 2.50 bits per heavy atom. The highest BCUT2D eigenvalue weighted by Crippen LogP contribution is 2.54. The lowest BCUT2D eigenvalue weighted by Gasteiger charge is -2.27. The van der Waals surface area contributed by atoms with Gasteiger partial charge in [0.2, 0.25) is 0 Å². The summed E-state index contributed by atoms with van der Waals surface area (Å²) in [6, 6.07) is 0.948. The molecule has 3 saturated heterocycles. The molecular formula is C19H21F2N7O11P2S. The lowest BCUT2D eigenvalue weighted by atomic mass is 10.1. The van der Waals surface area contributed by atoms with Crippen molar-refractivity contribution in [1.82, 2.24) is 29.1 Å². The second-order valence-corrected chi connectivity index (χ2v) is 13.5. The molecule has 23 heteroatoms. The maximum absolute atomic E-state index is 15.8. The lowest BCUT2D eigenvalue weighted by Crippen LogP contribution is -2.37. The minimum atomic E-state index is -5.15. The monoisotopic (exact) mass is 655 g/mol. The first-order valence-corrected chi connectivity index (χ1v) is 16.1. The van der Waals surface area contributed by atoms with Gasteiger partial charge < -0.3 is 29.5 Å². The highest BCUT2D eigenvalue weighted by atomic mass is 32.5. The normalized spacial score (nSPS) is 39.3. The van der Waals surface area contributed by atoms with Crippen LogP contribution in [0.1, 0.15) is 12.5 Å². The molecule has 3 fully saturated rings. The third kappa shape index (κ3) is 5.46. The number of aromatic amines is 1. The Morgan fingerprint density at radius 2 is 1.74 bits per heavy atom. The van der Waals surface area contributed by atoms with Gasteiger partial charge in [0.1, 0.15) is 36.3 Å². The number of H-pyrrole nitrogens is 1. The summed E-state index contributed by atoms with van der Waals surface area (Å²) in [5.41, 5.74) is 4.23. The number of halogens is 2. The van der Waals surface area contributed by atoms with Gasteiger partial charge in [-0.15, -0.1) is 0 Å². The van der Waals surface area contributed by atoms with Gasteiger partial charge in [-0.05, 0) is 11.8 Å². The van der Waals surface area contributed by atoms with Crippen molar-refractivity contribution in [1.29, 1.82) is 0 Å². The fraction of sp³-hybridized carbons (Fsp3) is 0.526. The van der Waals surface area contributed by atoms with E-state index in [2.05, 4.69) is 15.0 Å². The number of fused-ring (bicyclic) bond motifs is 4. The van der Waals surface area contributed by atoms with Crippen LogP contribution in [0.25, 0.3) is 11.2 Å². The number of hydrogen-bond donors (Lipinski definition) is 4. The van der Waals surface area contributed by atoms with E-state index >= 15 is 8.78 Å². The largest absolute Gasteiger partial charge is 0.472 e. The van der Waals surface area contributed by atoms with Crippen molar-refractivity contribution >= 4 is 43.3 Å². The second-order valence-electron chi connectivity index (χ2n) is 9.29. The highest BCUT2D eigenvalue weighted by molar-refractivity contribution is 8.07. The van der Waals surface area contributed by atoms with Gasteiger partial charge in [0.05, 0.1) is 19.5 Å². The first-order chi connectivity index (χ1) is 19.8. The van der Waals surface area contributed by atoms with Crippen molar-refractivity contribution in [2.45, 2.75) is 49.2 Å². The number of rotatable bonds is 2. The number of aromatic nitrogens is 6. The van der Waals surface area contributed by atoms with Crippen LogP contribution in [-0.4, -0.2) is 88.8 Å². The predicted octanol–water partition coefficient (Wildman–Crippen LogP) is -0.436.